The fourth-order valence-electron chi connectivity index (χ4n) is 2.27. The molecule has 1 nitrogen and oxygen atoms in total. The van der Waals surface area contributed by atoms with Crippen LogP contribution in [0.25, 0.3) is 0 Å². The van der Waals surface area contributed by atoms with E-state index in [0.717, 1.165) is 11.1 Å². The van der Waals surface area contributed by atoms with Gasteiger partial charge in [0.2, 0.25) is 0 Å². The SMILES string of the molecule is Fc1cccc(Cl)c1C(Br)c1ccc2c(c1)COC2. The molecular weight excluding hydrogens is 331 g/mol. The van der Waals surface area contributed by atoms with Crippen LogP contribution >= 0.6 is 27.5 Å². The van der Waals surface area contributed by atoms with Crippen LogP contribution in [-0.2, 0) is 18.0 Å². The molecule has 98 valence electrons. The lowest BCUT2D eigenvalue weighted by molar-refractivity contribution is 0.134. The van der Waals surface area contributed by atoms with Crippen LogP contribution in [0.3, 0.4) is 0 Å². The second kappa shape index (κ2) is 5.23. The molecule has 0 bridgehead atoms. The summed E-state index contributed by atoms with van der Waals surface area (Å²) in [7, 11) is 0. The Morgan fingerprint density at radius 3 is 2.74 bits per heavy atom. The summed E-state index contributed by atoms with van der Waals surface area (Å²) in [5.41, 5.74) is 3.82. The minimum Gasteiger partial charge on any atom is -0.372 e. The molecule has 19 heavy (non-hydrogen) atoms. The summed E-state index contributed by atoms with van der Waals surface area (Å²) in [6.45, 7) is 1.27. The van der Waals surface area contributed by atoms with E-state index < -0.39 is 0 Å². The Hall–Kier alpha value is -0.900. The van der Waals surface area contributed by atoms with Crippen molar-refractivity contribution in [3.05, 3.63) is 69.5 Å². The highest BCUT2D eigenvalue weighted by atomic mass is 79.9. The largest absolute Gasteiger partial charge is 0.372 e. The fourth-order valence-corrected chi connectivity index (χ4v) is 3.42. The molecule has 1 aliphatic rings. The lowest BCUT2D eigenvalue weighted by Gasteiger charge is -2.14. The molecule has 1 unspecified atom stereocenters. The van der Waals surface area contributed by atoms with Gasteiger partial charge in [-0.05, 0) is 28.8 Å². The second-order valence-electron chi connectivity index (χ2n) is 4.52. The first-order chi connectivity index (χ1) is 9.16. The lowest BCUT2D eigenvalue weighted by atomic mass is 10.00. The number of benzene rings is 2. The fraction of sp³-hybridized carbons (Fsp3) is 0.200. The number of ether oxygens (including phenoxy) is 1. The van der Waals surface area contributed by atoms with Gasteiger partial charge >= 0.3 is 0 Å². The second-order valence-corrected chi connectivity index (χ2v) is 5.84. The molecule has 0 aromatic heterocycles. The van der Waals surface area contributed by atoms with Gasteiger partial charge in [0.1, 0.15) is 5.82 Å². The summed E-state index contributed by atoms with van der Waals surface area (Å²) in [6, 6.07) is 10.8. The average molecular weight is 342 g/mol. The molecule has 1 atom stereocenters. The van der Waals surface area contributed by atoms with E-state index in [0.29, 0.717) is 23.8 Å². The highest BCUT2D eigenvalue weighted by Gasteiger charge is 2.20. The number of hydrogen-bond acceptors (Lipinski definition) is 1. The molecule has 4 heteroatoms. The summed E-state index contributed by atoms with van der Waals surface area (Å²) in [6.07, 6.45) is 0. The van der Waals surface area contributed by atoms with Crippen molar-refractivity contribution in [3.8, 4) is 0 Å². The summed E-state index contributed by atoms with van der Waals surface area (Å²) >= 11 is 9.64. The van der Waals surface area contributed by atoms with Crippen LogP contribution < -0.4 is 0 Å². The van der Waals surface area contributed by atoms with Crippen molar-refractivity contribution in [3.63, 3.8) is 0 Å². The number of alkyl halides is 1. The van der Waals surface area contributed by atoms with E-state index in [1.54, 1.807) is 12.1 Å². The molecule has 1 aliphatic heterocycles. The van der Waals surface area contributed by atoms with Crippen LogP contribution in [0.5, 0.6) is 0 Å². The Balaban J connectivity index is 2.02. The topological polar surface area (TPSA) is 9.23 Å². The van der Waals surface area contributed by atoms with Gasteiger partial charge in [0.25, 0.3) is 0 Å². The van der Waals surface area contributed by atoms with Crippen molar-refractivity contribution >= 4 is 27.5 Å². The standard InChI is InChI=1S/C15H11BrClFO/c16-15(14-12(17)2-1-3-13(14)18)9-4-5-10-7-19-8-11(10)6-9/h1-6,15H,7-8H2. The van der Waals surface area contributed by atoms with Gasteiger partial charge in [-0.3, -0.25) is 0 Å². The molecule has 0 N–H and O–H groups in total. The molecule has 0 fully saturated rings. The number of halogens is 3. The Morgan fingerprint density at radius 2 is 1.95 bits per heavy atom. The lowest BCUT2D eigenvalue weighted by Crippen LogP contribution is -1.99. The van der Waals surface area contributed by atoms with E-state index in [4.69, 9.17) is 16.3 Å². The van der Waals surface area contributed by atoms with Gasteiger partial charge in [-0.2, -0.15) is 0 Å². The van der Waals surface area contributed by atoms with Gasteiger partial charge in [0, 0.05) is 10.6 Å². The molecule has 0 amide bonds. The van der Waals surface area contributed by atoms with E-state index in [9.17, 15) is 4.39 Å². The Labute approximate surface area is 124 Å². The molecular formula is C15H11BrClFO. The van der Waals surface area contributed by atoms with Gasteiger partial charge in [-0.15, -0.1) is 0 Å². The zero-order valence-corrected chi connectivity index (χ0v) is 12.3. The van der Waals surface area contributed by atoms with Gasteiger partial charge in [-0.1, -0.05) is 51.8 Å². The number of rotatable bonds is 2. The zero-order valence-electron chi connectivity index (χ0n) is 10.00. The van der Waals surface area contributed by atoms with Crippen LogP contribution in [-0.4, -0.2) is 0 Å². The predicted molar refractivity (Wildman–Crippen MR) is 77.1 cm³/mol. The Bertz CT molecular complexity index is 609. The van der Waals surface area contributed by atoms with Crippen molar-refractivity contribution in [2.24, 2.45) is 0 Å². The van der Waals surface area contributed by atoms with E-state index in [1.807, 2.05) is 18.2 Å². The summed E-state index contributed by atoms with van der Waals surface area (Å²) < 4.78 is 19.3. The first kappa shape index (κ1) is 13.1. The predicted octanol–water partition coefficient (Wildman–Crippen LogP) is 4.99. The van der Waals surface area contributed by atoms with Gasteiger partial charge in [0.15, 0.2) is 0 Å². The highest BCUT2D eigenvalue weighted by Crippen LogP contribution is 2.38. The molecule has 3 rings (SSSR count). The highest BCUT2D eigenvalue weighted by molar-refractivity contribution is 9.09. The molecule has 0 radical (unpaired) electrons. The smallest absolute Gasteiger partial charge is 0.129 e. The van der Waals surface area contributed by atoms with Crippen LogP contribution in [0.1, 0.15) is 27.1 Å². The normalized spacial score (nSPS) is 15.3. The Kier molecular flexibility index (Phi) is 3.61. The Morgan fingerprint density at radius 1 is 1.16 bits per heavy atom. The number of hydrogen-bond donors (Lipinski definition) is 0. The molecule has 0 aliphatic carbocycles. The van der Waals surface area contributed by atoms with Gasteiger partial charge in [0.05, 0.1) is 18.0 Å². The van der Waals surface area contributed by atoms with Crippen molar-refractivity contribution in [1.82, 2.24) is 0 Å². The van der Waals surface area contributed by atoms with Gasteiger partial charge in [-0.25, -0.2) is 4.39 Å². The molecule has 2 aromatic rings. The van der Waals surface area contributed by atoms with Crippen LogP contribution in [0, 0.1) is 5.82 Å². The van der Waals surface area contributed by atoms with Crippen molar-refractivity contribution in [2.45, 2.75) is 18.0 Å². The summed E-state index contributed by atoms with van der Waals surface area (Å²) in [4.78, 5) is -0.257. The van der Waals surface area contributed by atoms with Crippen molar-refractivity contribution in [2.75, 3.05) is 0 Å². The minimum absolute atomic E-state index is 0.257. The molecule has 0 saturated carbocycles. The third-order valence-corrected chi connectivity index (χ3v) is 4.61. The maximum atomic E-state index is 13.9. The van der Waals surface area contributed by atoms with E-state index in [2.05, 4.69) is 15.9 Å². The molecule has 0 spiro atoms. The molecule has 0 saturated heterocycles. The molecule has 2 aromatic carbocycles. The minimum atomic E-state index is -0.300. The zero-order chi connectivity index (χ0) is 13.4. The monoisotopic (exact) mass is 340 g/mol. The average Bonchev–Trinajstić information content (AvgIpc) is 2.85. The van der Waals surface area contributed by atoms with E-state index in [1.165, 1.54) is 11.6 Å². The van der Waals surface area contributed by atoms with Crippen LogP contribution in [0.2, 0.25) is 5.02 Å². The molecule has 1 heterocycles. The third-order valence-electron chi connectivity index (χ3n) is 3.29. The van der Waals surface area contributed by atoms with Crippen molar-refractivity contribution in [1.29, 1.82) is 0 Å². The van der Waals surface area contributed by atoms with E-state index >= 15 is 0 Å². The summed E-state index contributed by atoms with van der Waals surface area (Å²) in [5, 5.41) is 0.429. The maximum Gasteiger partial charge on any atom is 0.129 e. The maximum absolute atomic E-state index is 13.9. The number of fused-ring (bicyclic) bond motifs is 1. The summed E-state index contributed by atoms with van der Waals surface area (Å²) in [5.74, 6) is -0.300. The quantitative estimate of drug-likeness (QED) is 0.699. The van der Waals surface area contributed by atoms with Crippen LogP contribution in [0.15, 0.2) is 36.4 Å². The van der Waals surface area contributed by atoms with Crippen LogP contribution in [0.4, 0.5) is 4.39 Å². The van der Waals surface area contributed by atoms with Gasteiger partial charge < -0.3 is 4.74 Å². The van der Waals surface area contributed by atoms with E-state index in [-0.39, 0.29) is 10.6 Å². The third kappa shape index (κ3) is 2.42. The first-order valence-electron chi connectivity index (χ1n) is 5.94. The first-order valence-corrected chi connectivity index (χ1v) is 7.23. The van der Waals surface area contributed by atoms with Crippen molar-refractivity contribution < 1.29 is 9.13 Å².